The lowest BCUT2D eigenvalue weighted by Gasteiger charge is -2.38. The van der Waals surface area contributed by atoms with Crippen LogP contribution >= 0.6 is 23.4 Å². The molecule has 0 radical (unpaired) electrons. The molecule has 0 aromatic heterocycles. The molecule has 1 N–H and O–H groups in total. The van der Waals surface area contributed by atoms with Crippen LogP contribution in [-0.2, 0) is 19.1 Å². The molecule has 0 bridgehead atoms. The zero-order valence-electron chi connectivity index (χ0n) is 18.2. The number of nitrogens with one attached hydrogen (secondary N) is 1. The monoisotopic (exact) mass is 499 g/mol. The Hall–Kier alpha value is -3.43. The number of carbonyl (C=O) groups is 3. The van der Waals surface area contributed by atoms with Gasteiger partial charge in [0.05, 0.1) is 28.8 Å². The summed E-state index contributed by atoms with van der Waals surface area (Å²) in [6, 6.07) is 11.2. The van der Waals surface area contributed by atoms with Crippen molar-refractivity contribution in [1.82, 2.24) is 4.90 Å². The second-order valence-corrected chi connectivity index (χ2v) is 8.79. The van der Waals surface area contributed by atoms with Crippen molar-refractivity contribution in [2.75, 3.05) is 11.9 Å². The third-order valence-corrected chi connectivity index (χ3v) is 6.34. The van der Waals surface area contributed by atoms with E-state index in [1.54, 1.807) is 38.1 Å². The topological polar surface area (TPSA) is 88.1 Å². The fourth-order valence-electron chi connectivity index (χ4n) is 3.56. The number of amidine groups is 1. The van der Waals surface area contributed by atoms with Crippen molar-refractivity contribution in [3.05, 3.63) is 87.2 Å². The van der Waals surface area contributed by atoms with E-state index in [0.29, 0.717) is 22.0 Å². The van der Waals surface area contributed by atoms with Gasteiger partial charge in [0.1, 0.15) is 5.82 Å². The molecule has 0 fully saturated rings. The molecular weight excluding hydrogens is 481 g/mol. The van der Waals surface area contributed by atoms with E-state index in [1.165, 1.54) is 35.2 Å². The number of allylic oxidation sites excluding steroid dienone is 1. The highest BCUT2D eigenvalue weighted by atomic mass is 35.5. The number of thioether (sulfide) groups is 1. The van der Waals surface area contributed by atoms with Crippen LogP contribution in [0.15, 0.2) is 75.8 Å². The third kappa shape index (κ3) is 4.76. The molecule has 4 rings (SSSR count). The molecule has 34 heavy (non-hydrogen) atoms. The molecule has 0 saturated carbocycles. The van der Waals surface area contributed by atoms with E-state index in [0.717, 1.165) is 11.8 Å². The summed E-state index contributed by atoms with van der Waals surface area (Å²) in [4.78, 5) is 44.7. The Kier molecular flexibility index (Phi) is 6.85. The quantitative estimate of drug-likeness (QED) is 0.596. The number of fused-ring (bicyclic) bond motifs is 1. The van der Waals surface area contributed by atoms with Crippen LogP contribution in [0.25, 0.3) is 0 Å². The number of anilines is 1. The Morgan fingerprint density at radius 3 is 2.50 bits per heavy atom. The maximum Gasteiger partial charge on any atom is 0.338 e. The average molecular weight is 500 g/mol. The Balaban J connectivity index is 1.71. The van der Waals surface area contributed by atoms with E-state index in [1.807, 2.05) is 0 Å². The minimum absolute atomic E-state index is 0.139. The number of benzene rings is 2. The molecule has 2 amide bonds. The number of ether oxygens (including phenoxy) is 1. The van der Waals surface area contributed by atoms with Crippen LogP contribution in [0.5, 0.6) is 0 Å². The van der Waals surface area contributed by atoms with Gasteiger partial charge in [0.15, 0.2) is 5.17 Å². The number of carbonyl (C=O) groups excluding carboxylic acids is 3. The van der Waals surface area contributed by atoms with Crippen LogP contribution in [-0.4, -0.2) is 34.5 Å². The van der Waals surface area contributed by atoms with Crippen LogP contribution < -0.4 is 5.32 Å². The van der Waals surface area contributed by atoms with Crippen LogP contribution in [0.2, 0.25) is 5.02 Å². The first-order valence-electron chi connectivity index (χ1n) is 10.3. The van der Waals surface area contributed by atoms with Gasteiger partial charge in [-0.2, -0.15) is 0 Å². The summed E-state index contributed by atoms with van der Waals surface area (Å²) < 4.78 is 18.8. The van der Waals surface area contributed by atoms with Gasteiger partial charge >= 0.3 is 5.97 Å². The van der Waals surface area contributed by atoms with Crippen molar-refractivity contribution >= 4 is 52.0 Å². The number of hydrogen-bond acceptors (Lipinski definition) is 6. The molecule has 2 aromatic carbocycles. The van der Waals surface area contributed by atoms with Crippen molar-refractivity contribution in [3.63, 3.8) is 0 Å². The van der Waals surface area contributed by atoms with Crippen LogP contribution in [0.4, 0.5) is 10.1 Å². The second-order valence-electron chi connectivity index (χ2n) is 7.35. The number of nitrogens with zero attached hydrogens (tertiary/aromatic N) is 2. The minimum atomic E-state index is -0.885. The summed E-state index contributed by atoms with van der Waals surface area (Å²) in [5, 5.41) is 3.48. The molecule has 0 aliphatic carbocycles. The zero-order valence-corrected chi connectivity index (χ0v) is 19.7. The number of aliphatic imine (C=N–C) groups is 1. The van der Waals surface area contributed by atoms with Crippen molar-refractivity contribution in [1.29, 1.82) is 0 Å². The van der Waals surface area contributed by atoms with Gasteiger partial charge in [-0.05, 0) is 67.6 Å². The smallest absolute Gasteiger partial charge is 0.338 e. The first kappa shape index (κ1) is 23.7. The molecule has 2 heterocycles. The van der Waals surface area contributed by atoms with E-state index < -0.39 is 29.6 Å². The Bertz CT molecular complexity index is 1260. The fraction of sp³-hybridized carbons (Fsp3) is 0.167. The van der Waals surface area contributed by atoms with E-state index in [9.17, 15) is 18.8 Å². The predicted molar refractivity (Wildman–Crippen MR) is 129 cm³/mol. The zero-order chi connectivity index (χ0) is 24.4. The number of halogens is 2. The minimum Gasteiger partial charge on any atom is -0.463 e. The average Bonchev–Trinajstić information content (AvgIpc) is 2.80. The summed E-state index contributed by atoms with van der Waals surface area (Å²) in [7, 11) is 0. The maximum absolute atomic E-state index is 13.6. The molecule has 1 atom stereocenters. The maximum atomic E-state index is 13.6. The lowest BCUT2D eigenvalue weighted by Crippen LogP contribution is -2.45. The van der Waals surface area contributed by atoms with E-state index in [-0.39, 0.29) is 22.3 Å². The summed E-state index contributed by atoms with van der Waals surface area (Å²) in [5.41, 5.74) is 1.54. The molecular formula is C24H19ClFN3O4S. The molecule has 174 valence electrons. The van der Waals surface area contributed by atoms with Gasteiger partial charge in [-0.15, -0.1) is 0 Å². The van der Waals surface area contributed by atoms with Crippen molar-refractivity contribution in [3.8, 4) is 0 Å². The number of hydrogen-bond donors (Lipinski definition) is 1. The van der Waals surface area contributed by atoms with Crippen LogP contribution in [0.3, 0.4) is 0 Å². The number of esters is 1. The van der Waals surface area contributed by atoms with Crippen LogP contribution in [0.1, 0.15) is 25.5 Å². The highest BCUT2D eigenvalue weighted by molar-refractivity contribution is 8.18. The molecule has 1 unspecified atom stereocenters. The molecule has 7 nitrogen and oxygen atoms in total. The Morgan fingerprint density at radius 1 is 1.18 bits per heavy atom. The van der Waals surface area contributed by atoms with Gasteiger partial charge in [-0.1, -0.05) is 23.7 Å². The molecule has 10 heteroatoms. The standard InChI is InChI=1S/C24H19ClFN3O4S/c1-3-33-23(32)20-13(2)27-24-29(21(20)14-4-8-16(26)9-5-14)19(30)12-18(34-24)22(31)28-17-10-6-15(25)7-11-17/h4-12,21H,3H2,1-2H3,(H,28,31). The van der Waals surface area contributed by atoms with Crippen molar-refractivity contribution in [2.45, 2.75) is 19.9 Å². The van der Waals surface area contributed by atoms with E-state index in [2.05, 4.69) is 10.3 Å². The fourth-order valence-corrected chi connectivity index (χ4v) is 4.67. The predicted octanol–water partition coefficient (Wildman–Crippen LogP) is 4.82. The van der Waals surface area contributed by atoms with Crippen molar-refractivity contribution in [2.24, 2.45) is 4.99 Å². The number of amides is 2. The third-order valence-electron chi connectivity index (χ3n) is 5.09. The highest BCUT2D eigenvalue weighted by Gasteiger charge is 2.42. The molecule has 2 aliphatic heterocycles. The lowest BCUT2D eigenvalue weighted by atomic mass is 9.94. The summed E-state index contributed by atoms with van der Waals surface area (Å²) in [6.45, 7) is 3.44. The van der Waals surface area contributed by atoms with Gasteiger partial charge in [-0.25, -0.2) is 14.2 Å². The van der Waals surface area contributed by atoms with Crippen molar-refractivity contribution < 1.29 is 23.5 Å². The second kappa shape index (κ2) is 9.82. The highest BCUT2D eigenvalue weighted by Crippen LogP contribution is 2.42. The Morgan fingerprint density at radius 2 is 1.85 bits per heavy atom. The van der Waals surface area contributed by atoms with Gasteiger partial charge in [0, 0.05) is 16.8 Å². The lowest BCUT2D eigenvalue weighted by molar-refractivity contribution is -0.139. The first-order valence-corrected chi connectivity index (χ1v) is 11.5. The van der Waals surface area contributed by atoms with Gasteiger partial charge in [0.25, 0.3) is 11.8 Å². The van der Waals surface area contributed by atoms with E-state index in [4.69, 9.17) is 16.3 Å². The summed E-state index contributed by atoms with van der Waals surface area (Å²) >= 11 is 6.88. The van der Waals surface area contributed by atoms with Gasteiger partial charge in [0.2, 0.25) is 0 Å². The Labute approximate surface area is 204 Å². The summed E-state index contributed by atoms with van der Waals surface area (Å²) in [5.74, 6) is -2.10. The molecule has 0 saturated heterocycles. The molecule has 0 spiro atoms. The molecule has 2 aromatic rings. The van der Waals surface area contributed by atoms with Gasteiger partial charge in [-0.3, -0.25) is 14.5 Å². The van der Waals surface area contributed by atoms with E-state index >= 15 is 0 Å². The normalized spacial score (nSPS) is 17.6. The summed E-state index contributed by atoms with van der Waals surface area (Å²) in [6.07, 6.45) is 1.19. The SMILES string of the molecule is CCOC(=O)C1=C(C)N=C2SC(C(=O)Nc3ccc(Cl)cc3)=CC(=O)N2C1c1ccc(F)cc1. The molecule has 2 aliphatic rings. The van der Waals surface area contributed by atoms with Gasteiger partial charge < -0.3 is 10.1 Å². The largest absolute Gasteiger partial charge is 0.463 e. The first-order chi connectivity index (χ1) is 16.3. The van der Waals surface area contributed by atoms with Crippen LogP contribution in [0, 0.1) is 5.82 Å². The number of rotatable bonds is 5.